The van der Waals surface area contributed by atoms with E-state index in [0.29, 0.717) is 0 Å². The van der Waals surface area contributed by atoms with Crippen molar-refractivity contribution >= 4 is 27.5 Å². The molecule has 0 aliphatic rings. The van der Waals surface area contributed by atoms with Crippen LogP contribution in [0.15, 0.2) is 22.7 Å². The maximum atomic E-state index is 12.2. The molecule has 0 aliphatic carbocycles. The van der Waals surface area contributed by atoms with Gasteiger partial charge in [-0.1, -0.05) is 33.6 Å². The van der Waals surface area contributed by atoms with Crippen LogP contribution in [0, 0.1) is 0 Å². The van der Waals surface area contributed by atoms with Crippen LogP contribution in [-0.2, 0) is 0 Å². The van der Waals surface area contributed by atoms with Gasteiger partial charge in [-0.15, -0.1) is 0 Å². The summed E-state index contributed by atoms with van der Waals surface area (Å²) in [6.45, 7) is 0. The molecule has 0 spiro atoms. The molecule has 0 fully saturated rings. The lowest BCUT2D eigenvalue weighted by molar-refractivity contribution is -0.207. The maximum Gasteiger partial charge on any atom is 0.418 e. The van der Waals surface area contributed by atoms with Gasteiger partial charge in [-0.2, -0.15) is 13.2 Å². The zero-order chi connectivity index (χ0) is 10.9. The van der Waals surface area contributed by atoms with Gasteiger partial charge in [0.1, 0.15) is 0 Å². The third-order valence-corrected chi connectivity index (χ3v) is 2.60. The van der Waals surface area contributed by atoms with Crippen LogP contribution >= 0.6 is 27.5 Å². The zero-order valence-corrected chi connectivity index (χ0v) is 8.99. The van der Waals surface area contributed by atoms with Gasteiger partial charge < -0.3 is 5.11 Å². The van der Waals surface area contributed by atoms with E-state index >= 15 is 0 Å². The van der Waals surface area contributed by atoms with Gasteiger partial charge in [0.15, 0.2) is 6.10 Å². The number of hydrogen-bond acceptors (Lipinski definition) is 1. The highest BCUT2D eigenvalue weighted by Crippen LogP contribution is 2.39. The summed E-state index contributed by atoms with van der Waals surface area (Å²) in [5.41, 5.74) is -0.360. The average molecular weight is 289 g/mol. The quantitative estimate of drug-likeness (QED) is 0.836. The van der Waals surface area contributed by atoms with E-state index in [4.69, 9.17) is 16.7 Å². The number of hydrogen-bond donors (Lipinski definition) is 1. The Morgan fingerprint density at radius 2 is 1.93 bits per heavy atom. The van der Waals surface area contributed by atoms with Crippen molar-refractivity contribution in [1.29, 1.82) is 0 Å². The molecule has 1 rings (SSSR count). The first-order valence-corrected chi connectivity index (χ1v) is 4.70. The van der Waals surface area contributed by atoms with Crippen LogP contribution < -0.4 is 0 Å². The van der Waals surface area contributed by atoms with Crippen LogP contribution in [-0.4, -0.2) is 11.3 Å². The second kappa shape index (κ2) is 4.08. The van der Waals surface area contributed by atoms with Gasteiger partial charge in [0, 0.05) is 15.1 Å². The molecule has 0 heterocycles. The molecule has 14 heavy (non-hydrogen) atoms. The summed E-state index contributed by atoms with van der Waals surface area (Å²) in [5.74, 6) is 0. The lowest BCUT2D eigenvalue weighted by Gasteiger charge is -2.17. The zero-order valence-electron chi connectivity index (χ0n) is 6.65. The van der Waals surface area contributed by atoms with Crippen molar-refractivity contribution in [3.8, 4) is 0 Å². The fourth-order valence-electron chi connectivity index (χ4n) is 0.936. The summed E-state index contributed by atoms with van der Waals surface area (Å²) in [5, 5.41) is 8.86. The van der Waals surface area contributed by atoms with E-state index < -0.39 is 12.3 Å². The van der Waals surface area contributed by atoms with Crippen molar-refractivity contribution in [3.63, 3.8) is 0 Å². The summed E-state index contributed by atoms with van der Waals surface area (Å²) >= 11 is 8.44. The van der Waals surface area contributed by atoms with Crippen LogP contribution in [0.4, 0.5) is 13.2 Å². The predicted octanol–water partition coefficient (Wildman–Crippen LogP) is 3.70. The summed E-state index contributed by atoms with van der Waals surface area (Å²) in [7, 11) is 0. The van der Waals surface area contributed by atoms with Crippen molar-refractivity contribution in [2.45, 2.75) is 12.3 Å². The molecule has 0 radical (unpaired) electrons. The molecule has 0 amide bonds. The molecular formula is C8H5BrClF3O. The number of rotatable bonds is 1. The van der Waals surface area contributed by atoms with E-state index in [-0.39, 0.29) is 15.1 Å². The third kappa shape index (κ3) is 2.40. The first kappa shape index (κ1) is 11.8. The monoisotopic (exact) mass is 288 g/mol. The first-order valence-electron chi connectivity index (χ1n) is 3.52. The van der Waals surface area contributed by atoms with Gasteiger partial charge in [0.05, 0.1) is 0 Å². The molecule has 78 valence electrons. The second-order valence-electron chi connectivity index (χ2n) is 2.58. The van der Waals surface area contributed by atoms with E-state index in [2.05, 4.69) is 15.9 Å². The Morgan fingerprint density at radius 3 is 2.36 bits per heavy atom. The summed E-state index contributed by atoms with van der Waals surface area (Å²) in [6, 6.07) is 4.16. The number of aliphatic hydroxyl groups excluding tert-OH is 1. The Morgan fingerprint density at radius 1 is 1.36 bits per heavy atom. The van der Waals surface area contributed by atoms with Gasteiger partial charge in [-0.3, -0.25) is 0 Å². The van der Waals surface area contributed by atoms with Gasteiger partial charge in [0.25, 0.3) is 0 Å². The average Bonchev–Trinajstić information content (AvgIpc) is 2.01. The highest BCUT2D eigenvalue weighted by atomic mass is 79.9. The van der Waals surface area contributed by atoms with Gasteiger partial charge in [-0.25, -0.2) is 0 Å². The van der Waals surface area contributed by atoms with Gasteiger partial charge >= 0.3 is 6.18 Å². The Labute approximate surface area is 91.6 Å². The van der Waals surface area contributed by atoms with Crippen molar-refractivity contribution < 1.29 is 18.3 Å². The number of halogens is 5. The van der Waals surface area contributed by atoms with E-state index in [9.17, 15) is 13.2 Å². The largest absolute Gasteiger partial charge is 0.418 e. The molecule has 1 atom stereocenters. The Bertz CT molecular complexity index is 320. The third-order valence-electron chi connectivity index (χ3n) is 1.58. The SMILES string of the molecule is OC(c1c(Cl)cccc1Br)C(F)(F)F. The Balaban J connectivity index is 3.19. The maximum absolute atomic E-state index is 12.2. The fourth-order valence-corrected chi connectivity index (χ4v) is 1.91. The van der Waals surface area contributed by atoms with Crippen LogP contribution in [0.25, 0.3) is 0 Å². The second-order valence-corrected chi connectivity index (χ2v) is 3.84. The molecule has 0 saturated heterocycles. The standard InChI is InChI=1S/C8H5BrClF3O/c9-4-2-1-3-5(10)6(4)7(14)8(11,12)13/h1-3,7,14H. The molecule has 1 aromatic carbocycles. The van der Waals surface area contributed by atoms with Crippen LogP contribution in [0.3, 0.4) is 0 Å². The topological polar surface area (TPSA) is 20.2 Å². The molecular weight excluding hydrogens is 284 g/mol. The number of benzene rings is 1. The number of aliphatic hydroxyl groups is 1. The molecule has 0 aromatic heterocycles. The Hall–Kier alpha value is -0.260. The summed E-state index contributed by atoms with van der Waals surface area (Å²) < 4.78 is 36.6. The normalized spacial score (nSPS) is 14.1. The molecule has 0 aliphatic heterocycles. The minimum absolute atomic E-state index is 0.121. The minimum atomic E-state index is -4.71. The first-order chi connectivity index (χ1) is 6.34. The molecule has 6 heteroatoms. The van der Waals surface area contributed by atoms with Crippen LogP contribution in [0.1, 0.15) is 11.7 Å². The van der Waals surface area contributed by atoms with Crippen molar-refractivity contribution in [1.82, 2.24) is 0 Å². The smallest absolute Gasteiger partial charge is 0.379 e. The highest BCUT2D eigenvalue weighted by molar-refractivity contribution is 9.10. The summed E-state index contributed by atoms with van der Waals surface area (Å²) in [6.07, 6.45) is -7.28. The van der Waals surface area contributed by atoms with Gasteiger partial charge in [0.2, 0.25) is 0 Å². The van der Waals surface area contributed by atoms with Crippen molar-refractivity contribution in [3.05, 3.63) is 33.3 Å². The summed E-state index contributed by atoms with van der Waals surface area (Å²) in [4.78, 5) is 0. The lowest BCUT2D eigenvalue weighted by atomic mass is 10.1. The molecule has 0 saturated carbocycles. The van der Waals surface area contributed by atoms with E-state index in [1.54, 1.807) is 0 Å². The fraction of sp³-hybridized carbons (Fsp3) is 0.250. The molecule has 1 aromatic rings. The molecule has 1 nitrogen and oxygen atoms in total. The molecule has 0 bridgehead atoms. The van der Waals surface area contributed by atoms with Crippen LogP contribution in [0.2, 0.25) is 5.02 Å². The highest BCUT2D eigenvalue weighted by Gasteiger charge is 2.41. The predicted molar refractivity (Wildman–Crippen MR) is 50.2 cm³/mol. The van der Waals surface area contributed by atoms with Crippen molar-refractivity contribution in [2.75, 3.05) is 0 Å². The number of alkyl halides is 3. The molecule has 1 N–H and O–H groups in total. The van der Waals surface area contributed by atoms with Crippen molar-refractivity contribution in [2.24, 2.45) is 0 Å². The van der Waals surface area contributed by atoms with E-state index in [1.807, 2.05) is 0 Å². The van der Waals surface area contributed by atoms with Gasteiger partial charge in [-0.05, 0) is 12.1 Å². The van der Waals surface area contributed by atoms with E-state index in [1.165, 1.54) is 18.2 Å². The Kier molecular flexibility index (Phi) is 3.44. The van der Waals surface area contributed by atoms with E-state index in [0.717, 1.165) is 0 Å². The molecule has 1 unspecified atom stereocenters. The minimum Gasteiger partial charge on any atom is -0.379 e. The lowest BCUT2D eigenvalue weighted by Crippen LogP contribution is -2.20. The van der Waals surface area contributed by atoms with Crippen LogP contribution in [0.5, 0.6) is 0 Å².